The molecule has 0 spiro atoms. The van der Waals surface area contributed by atoms with E-state index in [9.17, 15) is 4.79 Å². The maximum Gasteiger partial charge on any atom is 0.251 e. The van der Waals surface area contributed by atoms with E-state index in [0.29, 0.717) is 22.4 Å². The lowest BCUT2D eigenvalue weighted by atomic mass is 10.2. The van der Waals surface area contributed by atoms with Crippen molar-refractivity contribution in [1.29, 1.82) is 0 Å². The Labute approximate surface area is 99.4 Å². The molecule has 1 aromatic carbocycles. The van der Waals surface area contributed by atoms with Gasteiger partial charge in [0, 0.05) is 22.4 Å². The predicted molar refractivity (Wildman–Crippen MR) is 66.8 cm³/mol. The minimum atomic E-state index is -0.0709. The summed E-state index contributed by atoms with van der Waals surface area (Å²) in [5.74, 6) is -0.0709. The van der Waals surface area contributed by atoms with Gasteiger partial charge >= 0.3 is 0 Å². The molecule has 0 fully saturated rings. The lowest BCUT2D eigenvalue weighted by Crippen LogP contribution is -2.29. The van der Waals surface area contributed by atoms with E-state index in [4.69, 9.17) is 11.6 Å². The van der Waals surface area contributed by atoms with E-state index in [2.05, 4.69) is 12.2 Å². The van der Waals surface area contributed by atoms with Gasteiger partial charge in [0.2, 0.25) is 0 Å². The summed E-state index contributed by atoms with van der Waals surface area (Å²) in [7, 11) is 0. The smallest absolute Gasteiger partial charge is 0.251 e. The molecule has 0 radical (unpaired) electrons. The van der Waals surface area contributed by atoms with Gasteiger partial charge in [-0.2, -0.15) is 11.8 Å². The lowest BCUT2D eigenvalue weighted by Gasteiger charge is -2.09. The molecule has 82 valence electrons. The number of thioether (sulfide) groups is 1. The molecule has 0 bridgehead atoms. The number of carbonyl (C=O) groups excluding carboxylic acids is 1. The van der Waals surface area contributed by atoms with Crippen molar-refractivity contribution in [1.82, 2.24) is 5.32 Å². The van der Waals surface area contributed by atoms with Crippen LogP contribution in [0.4, 0.5) is 0 Å². The van der Waals surface area contributed by atoms with Crippen molar-refractivity contribution < 1.29 is 4.79 Å². The standard InChI is InChI=1S/C11H14ClNOS/c1-8(15-2)7-13-11(14)9-4-3-5-10(12)6-9/h3-6,8H,7H2,1-2H3,(H,13,14). The molecule has 2 nitrogen and oxygen atoms in total. The zero-order valence-electron chi connectivity index (χ0n) is 8.79. The van der Waals surface area contributed by atoms with E-state index in [1.807, 2.05) is 6.26 Å². The molecule has 1 unspecified atom stereocenters. The molecule has 15 heavy (non-hydrogen) atoms. The van der Waals surface area contributed by atoms with Gasteiger partial charge in [0.15, 0.2) is 0 Å². The van der Waals surface area contributed by atoms with Crippen molar-refractivity contribution in [2.24, 2.45) is 0 Å². The highest BCUT2D eigenvalue weighted by molar-refractivity contribution is 7.99. The quantitative estimate of drug-likeness (QED) is 0.881. The Morgan fingerprint density at radius 1 is 1.60 bits per heavy atom. The Morgan fingerprint density at radius 3 is 2.93 bits per heavy atom. The van der Waals surface area contributed by atoms with E-state index >= 15 is 0 Å². The summed E-state index contributed by atoms with van der Waals surface area (Å²) in [6.07, 6.45) is 2.02. The van der Waals surface area contributed by atoms with Crippen molar-refractivity contribution in [3.05, 3.63) is 34.9 Å². The third-order valence-electron chi connectivity index (χ3n) is 2.04. The van der Waals surface area contributed by atoms with Crippen LogP contribution in [0.5, 0.6) is 0 Å². The highest BCUT2D eigenvalue weighted by atomic mass is 35.5. The molecule has 1 rings (SSSR count). The largest absolute Gasteiger partial charge is 0.351 e. The van der Waals surface area contributed by atoms with E-state index < -0.39 is 0 Å². The molecule has 1 amide bonds. The molecule has 1 aromatic rings. The molecule has 4 heteroatoms. The molecular weight excluding hydrogens is 230 g/mol. The molecule has 0 heterocycles. The normalized spacial score (nSPS) is 12.2. The average molecular weight is 244 g/mol. The first-order valence-electron chi connectivity index (χ1n) is 4.70. The Bertz CT molecular complexity index is 343. The van der Waals surface area contributed by atoms with Crippen LogP contribution in [0.3, 0.4) is 0 Å². The van der Waals surface area contributed by atoms with Gasteiger partial charge in [0.25, 0.3) is 5.91 Å². The fourth-order valence-corrected chi connectivity index (χ4v) is 1.49. The zero-order valence-corrected chi connectivity index (χ0v) is 10.4. The first-order chi connectivity index (χ1) is 7.13. The number of rotatable bonds is 4. The van der Waals surface area contributed by atoms with Gasteiger partial charge in [-0.25, -0.2) is 0 Å². The minimum Gasteiger partial charge on any atom is -0.351 e. The zero-order chi connectivity index (χ0) is 11.3. The number of halogens is 1. The molecule has 0 saturated heterocycles. The fraction of sp³-hybridized carbons (Fsp3) is 0.364. The molecular formula is C11H14ClNOS. The van der Waals surface area contributed by atoms with E-state index in [1.54, 1.807) is 36.0 Å². The summed E-state index contributed by atoms with van der Waals surface area (Å²) in [6, 6.07) is 6.95. The van der Waals surface area contributed by atoms with Gasteiger partial charge < -0.3 is 5.32 Å². The van der Waals surface area contributed by atoms with Crippen LogP contribution in [0.2, 0.25) is 5.02 Å². The summed E-state index contributed by atoms with van der Waals surface area (Å²) in [5, 5.41) is 3.87. The SMILES string of the molecule is CSC(C)CNC(=O)c1cccc(Cl)c1. The van der Waals surface area contributed by atoms with Crippen LogP contribution in [0.1, 0.15) is 17.3 Å². The van der Waals surface area contributed by atoms with Gasteiger partial charge in [0.1, 0.15) is 0 Å². The number of carbonyl (C=O) groups is 1. The third kappa shape index (κ3) is 4.14. The molecule has 0 aliphatic rings. The first-order valence-corrected chi connectivity index (χ1v) is 6.36. The van der Waals surface area contributed by atoms with Crippen LogP contribution >= 0.6 is 23.4 Å². The second-order valence-corrected chi connectivity index (χ2v) is 4.98. The average Bonchev–Trinajstić information content (AvgIpc) is 2.25. The second kappa shape index (κ2) is 6.03. The fourth-order valence-electron chi connectivity index (χ4n) is 1.05. The van der Waals surface area contributed by atoms with E-state index in [0.717, 1.165) is 0 Å². The maximum absolute atomic E-state index is 11.6. The number of benzene rings is 1. The van der Waals surface area contributed by atoms with Crippen LogP contribution in [0.25, 0.3) is 0 Å². The number of hydrogen-bond acceptors (Lipinski definition) is 2. The summed E-state index contributed by atoms with van der Waals surface area (Å²) >= 11 is 7.52. The predicted octanol–water partition coefficient (Wildman–Crippen LogP) is 2.82. The van der Waals surface area contributed by atoms with Crippen molar-refractivity contribution in [2.45, 2.75) is 12.2 Å². The van der Waals surface area contributed by atoms with Crippen LogP contribution in [0.15, 0.2) is 24.3 Å². The van der Waals surface area contributed by atoms with Crippen LogP contribution in [-0.4, -0.2) is 24.0 Å². The van der Waals surface area contributed by atoms with Gasteiger partial charge in [-0.05, 0) is 24.5 Å². The van der Waals surface area contributed by atoms with Crippen LogP contribution in [0, 0.1) is 0 Å². The summed E-state index contributed by atoms with van der Waals surface area (Å²) in [6.45, 7) is 2.75. The molecule has 1 N–H and O–H groups in total. The van der Waals surface area contributed by atoms with E-state index in [-0.39, 0.29) is 5.91 Å². The second-order valence-electron chi connectivity index (χ2n) is 3.27. The maximum atomic E-state index is 11.6. The van der Waals surface area contributed by atoms with Crippen molar-refractivity contribution in [2.75, 3.05) is 12.8 Å². The van der Waals surface area contributed by atoms with Crippen molar-refractivity contribution in [3.63, 3.8) is 0 Å². The minimum absolute atomic E-state index is 0.0709. The first kappa shape index (κ1) is 12.4. The van der Waals surface area contributed by atoms with Crippen LogP contribution < -0.4 is 5.32 Å². The Kier molecular flexibility index (Phi) is 4.99. The monoisotopic (exact) mass is 243 g/mol. The Hall–Kier alpha value is -0.670. The molecule has 0 aromatic heterocycles. The van der Waals surface area contributed by atoms with Crippen molar-refractivity contribution >= 4 is 29.3 Å². The Morgan fingerprint density at radius 2 is 2.33 bits per heavy atom. The lowest BCUT2D eigenvalue weighted by molar-refractivity contribution is 0.0954. The van der Waals surface area contributed by atoms with Crippen molar-refractivity contribution in [3.8, 4) is 0 Å². The molecule has 1 atom stereocenters. The number of nitrogens with one attached hydrogen (secondary N) is 1. The van der Waals surface area contributed by atoms with Gasteiger partial charge in [-0.15, -0.1) is 0 Å². The summed E-state index contributed by atoms with van der Waals surface area (Å²) < 4.78 is 0. The Balaban J connectivity index is 2.54. The summed E-state index contributed by atoms with van der Waals surface area (Å²) in [4.78, 5) is 11.6. The van der Waals surface area contributed by atoms with Gasteiger partial charge in [-0.3, -0.25) is 4.79 Å². The van der Waals surface area contributed by atoms with E-state index in [1.165, 1.54) is 0 Å². The third-order valence-corrected chi connectivity index (χ3v) is 3.25. The van der Waals surface area contributed by atoms with Gasteiger partial charge in [-0.1, -0.05) is 24.6 Å². The number of amides is 1. The highest BCUT2D eigenvalue weighted by Crippen LogP contribution is 2.10. The van der Waals surface area contributed by atoms with Gasteiger partial charge in [0.05, 0.1) is 0 Å². The highest BCUT2D eigenvalue weighted by Gasteiger charge is 2.06. The van der Waals surface area contributed by atoms with Crippen LogP contribution in [-0.2, 0) is 0 Å². The topological polar surface area (TPSA) is 29.1 Å². The summed E-state index contributed by atoms with van der Waals surface area (Å²) in [5.41, 5.74) is 0.607. The molecule has 0 aliphatic heterocycles. The molecule has 0 aliphatic carbocycles. The molecule has 0 saturated carbocycles. The number of hydrogen-bond donors (Lipinski definition) is 1.